The van der Waals surface area contributed by atoms with E-state index in [0.29, 0.717) is 16.3 Å². The van der Waals surface area contributed by atoms with E-state index in [1.54, 1.807) is 0 Å². The highest BCUT2D eigenvalue weighted by Crippen LogP contribution is 2.19. The van der Waals surface area contributed by atoms with E-state index in [-0.39, 0.29) is 0 Å². The molecule has 21 heavy (non-hydrogen) atoms. The lowest BCUT2D eigenvalue weighted by atomic mass is 9.97. The molecule has 0 aromatic carbocycles. The molecule has 1 aliphatic heterocycles. The molecule has 1 saturated heterocycles. The van der Waals surface area contributed by atoms with Gasteiger partial charge in [0.2, 0.25) is 5.91 Å². The molecular weight excluding hydrogens is 274 g/mol. The third-order valence-electron chi connectivity index (χ3n) is 3.71. The fraction of sp³-hybridized carbons (Fsp3) is 0.571. The number of nitrogens with zero attached hydrogens (tertiary/aromatic N) is 2. The van der Waals surface area contributed by atoms with Crippen LogP contribution in [-0.4, -0.2) is 53.7 Å². The largest absolute Gasteiger partial charge is 0.354 e. The molecule has 0 atom stereocenters. The lowest BCUT2D eigenvalue weighted by Gasteiger charge is -2.14. The molecule has 2 aliphatic rings. The molecule has 0 unspecified atom stereocenters. The first-order valence-corrected chi connectivity index (χ1v) is 7.09. The van der Waals surface area contributed by atoms with Crippen molar-refractivity contribution in [3.63, 3.8) is 0 Å². The molecule has 2 rings (SSSR count). The van der Waals surface area contributed by atoms with Crippen molar-refractivity contribution in [2.45, 2.75) is 32.1 Å². The van der Waals surface area contributed by atoms with Gasteiger partial charge in [0, 0.05) is 13.6 Å². The van der Waals surface area contributed by atoms with E-state index in [1.807, 2.05) is 0 Å². The maximum atomic E-state index is 11.7. The van der Waals surface area contributed by atoms with E-state index in [0.717, 1.165) is 19.3 Å². The zero-order chi connectivity index (χ0) is 15.4. The summed E-state index contributed by atoms with van der Waals surface area (Å²) in [7, 11) is 1.22. The zero-order valence-corrected chi connectivity index (χ0v) is 12.1. The van der Waals surface area contributed by atoms with Crippen LogP contribution in [0.1, 0.15) is 32.1 Å². The van der Waals surface area contributed by atoms with Crippen molar-refractivity contribution >= 4 is 23.8 Å². The molecule has 1 heterocycles. The zero-order valence-electron chi connectivity index (χ0n) is 12.1. The van der Waals surface area contributed by atoms with Crippen molar-refractivity contribution in [3.8, 4) is 0 Å². The van der Waals surface area contributed by atoms with Gasteiger partial charge < -0.3 is 5.32 Å². The van der Waals surface area contributed by atoms with E-state index in [9.17, 15) is 19.2 Å². The fourth-order valence-electron chi connectivity index (χ4n) is 2.45. The Morgan fingerprint density at radius 2 is 2.00 bits per heavy atom. The Labute approximate surface area is 122 Å². The van der Waals surface area contributed by atoms with Gasteiger partial charge in [-0.3, -0.25) is 19.3 Å². The Balaban J connectivity index is 1.77. The number of likely N-dealkylation sites (N-methyl/N-ethyl adjacent to an activating group) is 1. The van der Waals surface area contributed by atoms with Crippen LogP contribution >= 0.6 is 0 Å². The number of hydrogen-bond donors (Lipinski definition) is 1. The quantitative estimate of drug-likeness (QED) is 0.452. The standard InChI is InChI=1S/C14H19N3O4/c1-16-12(19)13(20)17(14(16)21)9-11(18)15-8-7-10-5-3-2-4-6-10/h5H,2-4,6-9H2,1H3,(H,15,18). The molecule has 114 valence electrons. The Bertz CT molecular complexity index is 512. The Kier molecular flexibility index (Phi) is 4.72. The lowest BCUT2D eigenvalue weighted by molar-refractivity contribution is -0.143. The molecular formula is C14H19N3O4. The predicted molar refractivity (Wildman–Crippen MR) is 74.1 cm³/mol. The number of urea groups is 1. The average Bonchev–Trinajstić information content (AvgIpc) is 2.66. The Morgan fingerprint density at radius 3 is 2.57 bits per heavy atom. The van der Waals surface area contributed by atoms with Crippen LogP contribution < -0.4 is 5.32 Å². The number of hydrogen-bond acceptors (Lipinski definition) is 4. The van der Waals surface area contributed by atoms with E-state index in [2.05, 4.69) is 11.4 Å². The normalized spacial score (nSPS) is 19.1. The van der Waals surface area contributed by atoms with Crippen LogP contribution in [-0.2, 0) is 14.4 Å². The van der Waals surface area contributed by atoms with Crippen LogP contribution in [0, 0.1) is 0 Å². The molecule has 0 saturated carbocycles. The topological polar surface area (TPSA) is 86.8 Å². The van der Waals surface area contributed by atoms with E-state index >= 15 is 0 Å². The van der Waals surface area contributed by atoms with E-state index in [1.165, 1.54) is 25.5 Å². The second-order valence-corrected chi connectivity index (χ2v) is 5.25. The van der Waals surface area contributed by atoms with Gasteiger partial charge in [-0.2, -0.15) is 0 Å². The molecule has 5 amide bonds. The number of allylic oxidation sites excluding steroid dienone is 1. The highest BCUT2D eigenvalue weighted by molar-refractivity contribution is 6.44. The molecule has 0 radical (unpaired) electrons. The Morgan fingerprint density at radius 1 is 1.24 bits per heavy atom. The van der Waals surface area contributed by atoms with Crippen molar-refractivity contribution < 1.29 is 19.2 Å². The molecule has 0 bridgehead atoms. The van der Waals surface area contributed by atoms with Gasteiger partial charge in [-0.1, -0.05) is 11.6 Å². The minimum Gasteiger partial charge on any atom is -0.354 e. The average molecular weight is 293 g/mol. The van der Waals surface area contributed by atoms with Crippen molar-refractivity contribution in [1.29, 1.82) is 0 Å². The highest BCUT2D eigenvalue weighted by Gasteiger charge is 2.42. The number of carbonyl (C=O) groups is 4. The summed E-state index contributed by atoms with van der Waals surface area (Å²) in [6.07, 6.45) is 7.55. The van der Waals surface area contributed by atoms with Gasteiger partial charge >= 0.3 is 17.8 Å². The summed E-state index contributed by atoms with van der Waals surface area (Å²) in [5.41, 5.74) is 1.34. The van der Waals surface area contributed by atoms with Gasteiger partial charge in [-0.25, -0.2) is 9.69 Å². The minimum absolute atomic E-state index is 0.410. The molecule has 0 aromatic rings. The van der Waals surface area contributed by atoms with Gasteiger partial charge in [0.25, 0.3) is 0 Å². The summed E-state index contributed by atoms with van der Waals surface area (Å²) < 4.78 is 0. The number of rotatable bonds is 5. The third-order valence-corrected chi connectivity index (χ3v) is 3.71. The minimum atomic E-state index is -0.951. The van der Waals surface area contributed by atoms with Crippen LogP contribution in [0.4, 0.5) is 4.79 Å². The number of imide groups is 2. The predicted octanol–water partition coefficient (Wildman–Crippen LogP) is 0.414. The van der Waals surface area contributed by atoms with Crippen molar-refractivity contribution in [3.05, 3.63) is 11.6 Å². The molecule has 7 heteroatoms. The smallest absolute Gasteiger partial charge is 0.334 e. The molecule has 1 aliphatic carbocycles. The first-order valence-electron chi connectivity index (χ1n) is 7.09. The SMILES string of the molecule is CN1C(=O)C(=O)N(CC(=O)NCCC2=CCCCC2)C1=O. The maximum absolute atomic E-state index is 11.7. The number of nitrogens with one attached hydrogen (secondary N) is 1. The highest BCUT2D eigenvalue weighted by atomic mass is 16.2. The molecule has 0 aromatic heterocycles. The van der Waals surface area contributed by atoms with Gasteiger partial charge in [0.15, 0.2) is 0 Å². The maximum Gasteiger partial charge on any atom is 0.334 e. The van der Waals surface area contributed by atoms with Crippen LogP contribution in [0.2, 0.25) is 0 Å². The third kappa shape index (κ3) is 3.48. The van der Waals surface area contributed by atoms with E-state index < -0.39 is 30.3 Å². The van der Waals surface area contributed by atoms with Gasteiger partial charge in [0.1, 0.15) is 6.54 Å². The van der Waals surface area contributed by atoms with E-state index in [4.69, 9.17) is 0 Å². The van der Waals surface area contributed by atoms with Gasteiger partial charge in [-0.15, -0.1) is 0 Å². The van der Waals surface area contributed by atoms with Crippen LogP contribution in [0.25, 0.3) is 0 Å². The molecule has 1 fully saturated rings. The molecule has 0 spiro atoms. The summed E-state index contributed by atoms with van der Waals surface area (Å²) in [5.74, 6) is -2.29. The first kappa shape index (κ1) is 15.2. The van der Waals surface area contributed by atoms with Crippen LogP contribution in [0.15, 0.2) is 11.6 Å². The first-order chi connectivity index (χ1) is 10.0. The summed E-state index contributed by atoms with van der Waals surface area (Å²) in [6, 6.07) is -0.755. The summed E-state index contributed by atoms with van der Waals surface area (Å²) in [6.45, 7) is 0.0669. The second-order valence-electron chi connectivity index (χ2n) is 5.25. The lowest BCUT2D eigenvalue weighted by Crippen LogP contribution is -2.41. The summed E-state index contributed by atoms with van der Waals surface area (Å²) >= 11 is 0. The van der Waals surface area contributed by atoms with Gasteiger partial charge in [-0.05, 0) is 32.1 Å². The molecule has 1 N–H and O–H groups in total. The Hall–Kier alpha value is -2.18. The fourth-order valence-corrected chi connectivity index (χ4v) is 2.45. The summed E-state index contributed by atoms with van der Waals surface area (Å²) in [4.78, 5) is 47.5. The van der Waals surface area contributed by atoms with Crippen molar-refractivity contribution in [2.75, 3.05) is 20.1 Å². The van der Waals surface area contributed by atoms with Gasteiger partial charge in [0.05, 0.1) is 0 Å². The second kappa shape index (κ2) is 6.51. The summed E-state index contributed by atoms with van der Waals surface area (Å²) in [5, 5.41) is 2.67. The number of carbonyl (C=O) groups excluding carboxylic acids is 4. The van der Waals surface area contributed by atoms with Crippen molar-refractivity contribution in [2.24, 2.45) is 0 Å². The number of amides is 5. The molecule has 7 nitrogen and oxygen atoms in total. The van der Waals surface area contributed by atoms with Crippen molar-refractivity contribution in [1.82, 2.24) is 15.1 Å². The monoisotopic (exact) mass is 293 g/mol. The van der Waals surface area contributed by atoms with Crippen LogP contribution in [0.5, 0.6) is 0 Å². The van der Waals surface area contributed by atoms with Crippen LogP contribution in [0.3, 0.4) is 0 Å².